The highest BCUT2D eigenvalue weighted by atomic mass is 32.2. The molecular weight excluding hydrogens is 472 g/mol. The molecule has 0 aromatic heterocycles. The zero-order chi connectivity index (χ0) is 25.1. The molecule has 5 atom stereocenters. The van der Waals surface area contributed by atoms with Crippen LogP contribution in [0, 0.1) is 5.92 Å². The zero-order valence-electron chi connectivity index (χ0n) is 20.8. The van der Waals surface area contributed by atoms with E-state index < -0.39 is 15.1 Å². The molecular formula is C29H36N2O4S. The number of aliphatic hydroxyl groups is 1. The maximum absolute atomic E-state index is 13.8. The number of sulfone groups is 1. The van der Waals surface area contributed by atoms with Crippen LogP contribution in [-0.4, -0.2) is 50.1 Å². The molecule has 2 bridgehead atoms. The molecule has 3 aromatic carbocycles. The molecule has 0 aliphatic carbocycles. The van der Waals surface area contributed by atoms with Gasteiger partial charge in [0.2, 0.25) is 0 Å². The van der Waals surface area contributed by atoms with Gasteiger partial charge in [0.25, 0.3) is 0 Å². The van der Waals surface area contributed by atoms with Crippen LogP contribution in [0.2, 0.25) is 0 Å². The molecule has 0 amide bonds. The van der Waals surface area contributed by atoms with Crippen molar-refractivity contribution in [3.8, 4) is 5.75 Å². The zero-order valence-corrected chi connectivity index (χ0v) is 21.6. The number of aliphatic hydroxyl groups excluding tert-OH is 1. The number of nitrogens with one attached hydrogen (secondary N) is 2. The minimum atomic E-state index is -3.60. The van der Waals surface area contributed by atoms with Crippen LogP contribution in [0.1, 0.15) is 38.2 Å². The normalized spacial score (nSPS) is 25.4. The van der Waals surface area contributed by atoms with Crippen molar-refractivity contribution in [3.63, 3.8) is 0 Å². The highest BCUT2D eigenvalue weighted by Gasteiger charge is 2.57. The highest BCUT2D eigenvalue weighted by molar-refractivity contribution is 7.92. The fraction of sp³-hybridized carbons (Fsp3) is 0.448. The Bertz CT molecular complexity index is 1280. The third kappa shape index (κ3) is 5.02. The molecule has 3 aromatic rings. The van der Waals surface area contributed by atoms with Crippen LogP contribution in [0.4, 0.5) is 0 Å². The molecule has 0 radical (unpaired) electrons. The Labute approximate surface area is 214 Å². The van der Waals surface area contributed by atoms with E-state index in [1.54, 1.807) is 24.3 Å². The van der Waals surface area contributed by atoms with Gasteiger partial charge in [-0.1, -0.05) is 56.2 Å². The van der Waals surface area contributed by atoms with Crippen LogP contribution >= 0.6 is 0 Å². The van der Waals surface area contributed by atoms with Gasteiger partial charge in [-0.3, -0.25) is 0 Å². The highest BCUT2D eigenvalue weighted by Crippen LogP contribution is 2.39. The number of hydrogen-bond donors (Lipinski definition) is 3. The standard InChI is InChI=1S/C29H36N2O4S/c1-2-3-6-15-35-24-11-13-25(14-12-24)36(33,34)29-26-17-23(19-32)27(31-26)28(29)30-18-20-9-10-21-7-4-5-8-22(21)16-20/h4-5,7-14,16,23,26-32H,2-3,6,15,17-19H2,1H3/t23-,26-,27+,28+,29+/m0/s1. The van der Waals surface area contributed by atoms with Gasteiger partial charge in [-0.25, -0.2) is 8.42 Å². The first-order valence-corrected chi connectivity index (χ1v) is 14.6. The number of unbranched alkanes of at least 4 members (excludes halogenated alkanes) is 2. The van der Waals surface area contributed by atoms with E-state index in [2.05, 4.69) is 47.9 Å². The SMILES string of the molecule is CCCCCOc1ccc(S(=O)(=O)[C@H]2[C@H](NCc3ccc4ccccc4c3)[C@@H]3N[C@H]2C[C@H]3CO)cc1. The van der Waals surface area contributed by atoms with Crippen LogP contribution < -0.4 is 15.4 Å². The number of benzene rings is 3. The van der Waals surface area contributed by atoms with Crippen molar-refractivity contribution < 1.29 is 18.3 Å². The van der Waals surface area contributed by atoms with E-state index >= 15 is 0 Å². The van der Waals surface area contributed by atoms with Gasteiger partial charge in [0.15, 0.2) is 9.84 Å². The van der Waals surface area contributed by atoms with Crippen molar-refractivity contribution in [1.29, 1.82) is 0 Å². The summed E-state index contributed by atoms with van der Waals surface area (Å²) in [5.41, 5.74) is 1.11. The van der Waals surface area contributed by atoms with Crippen LogP contribution in [0.3, 0.4) is 0 Å². The van der Waals surface area contributed by atoms with E-state index in [0.29, 0.717) is 30.2 Å². The van der Waals surface area contributed by atoms with Crippen molar-refractivity contribution in [2.24, 2.45) is 5.92 Å². The monoisotopic (exact) mass is 508 g/mol. The van der Waals surface area contributed by atoms with Crippen LogP contribution in [0.5, 0.6) is 5.75 Å². The van der Waals surface area contributed by atoms with Gasteiger partial charge in [-0.05, 0) is 59.5 Å². The second kappa shape index (κ2) is 10.9. The first kappa shape index (κ1) is 25.2. The van der Waals surface area contributed by atoms with Crippen LogP contribution in [0.15, 0.2) is 71.6 Å². The summed E-state index contributed by atoms with van der Waals surface area (Å²) in [5, 5.41) is 18.7. The third-order valence-corrected chi connectivity index (χ3v) is 9.99. The van der Waals surface area contributed by atoms with Gasteiger partial charge in [0.05, 0.1) is 16.8 Å². The van der Waals surface area contributed by atoms with Crippen molar-refractivity contribution in [2.75, 3.05) is 13.2 Å². The maximum atomic E-state index is 13.8. The average molecular weight is 509 g/mol. The molecule has 0 spiro atoms. The first-order valence-electron chi connectivity index (χ1n) is 13.1. The summed E-state index contributed by atoms with van der Waals surface area (Å²) in [6.07, 6.45) is 3.90. The minimum absolute atomic E-state index is 0.0504. The molecule has 2 heterocycles. The first-order chi connectivity index (χ1) is 17.5. The Hall–Kier alpha value is -2.45. The summed E-state index contributed by atoms with van der Waals surface area (Å²) >= 11 is 0. The Balaban J connectivity index is 1.33. The molecule has 6 nitrogen and oxygen atoms in total. The van der Waals surface area contributed by atoms with E-state index in [1.807, 2.05) is 12.1 Å². The fourth-order valence-corrected chi connectivity index (χ4v) is 7.96. The van der Waals surface area contributed by atoms with Crippen LogP contribution in [-0.2, 0) is 16.4 Å². The number of ether oxygens (including phenoxy) is 1. The smallest absolute Gasteiger partial charge is 0.184 e. The predicted octanol–water partition coefficient (Wildman–Crippen LogP) is 4.06. The molecule has 2 fully saturated rings. The van der Waals surface area contributed by atoms with E-state index in [0.717, 1.165) is 30.2 Å². The van der Waals surface area contributed by atoms with Gasteiger partial charge < -0.3 is 20.5 Å². The molecule has 0 unspecified atom stereocenters. The molecule has 2 aliphatic heterocycles. The second-order valence-corrected chi connectivity index (χ2v) is 12.2. The minimum Gasteiger partial charge on any atom is -0.494 e. The predicted molar refractivity (Wildman–Crippen MR) is 143 cm³/mol. The van der Waals surface area contributed by atoms with E-state index in [1.165, 1.54) is 5.39 Å². The Morgan fingerprint density at radius 2 is 1.81 bits per heavy atom. The fourth-order valence-electron chi connectivity index (χ4n) is 5.85. The molecule has 2 aliphatic rings. The van der Waals surface area contributed by atoms with E-state index in [9.17, 15) is 13.5 Å². The van der Waals surface area contributed by atoms with Crippen LogP contribution in [0.25, 0.3) is 10.8 Å². The third-order valence-electron chi connectivity index (χ3n) is 7.73. The van der Waals surface area contributed by atoms with Gasteiger partial charge in [0.1, 0.15) is 5.75 Å². The van der Waals surface area contributed by atoms with Gasteiger partial charge in [0, 0.05) is 37.2 Å². The summed E-state index contributed by atoms with van der Waals surface area (Å²) in [6.45, 7) is 3.41. The lowest BCUT2D eigenvalue weighted by molar-refractivity contribution is 0.186. The average Bonchev–Trinajstić information content (AvgIpc) is 3.49. The summed E-state index contributed by atoms with van der Waals surface area (Å²) in [6, 6.07) is 20.8. The Morgan fingerprint density at radius 1 is 1.03 bits per heavy atom. The van der Waals surface area contributed by atoms with Gasteiger partial charge in [-0.2, -0.15) is 0 Å². The molecule has 36 heavy (non-hydrogen) atoms. The summed E-state index contributed by atoms with van der Waals surface area (Å²) < 4.78 is 33.5. The van der Waals surface area contributed by atoms with E-state index in [4.69, 9.17) is 4.74 Å². The molecule has 7 heteroatoms. The topological polar surface area (TPSA) is 87.7 Å². The van der Waals surface area contributed by atoms with Gasteiger partial charge >= 0.3 is 0 Å². The summed E-state index contributed by atoms with van der Waals surface area (Å²) in [7, 11) is -3.60. The second-order valence-electron chi connectivity index (χ2n) is 10.1. The number of fused-ring (bicyclic) bond motifs is 3. The van der Waals surface area contributed by atoms with Gasteiger partial charge in [-0.15, -0.1) is 0 Å². The van der Waals surface area contributed by atoms with Crippen molar-refractivity contribution >= 4 is 20.6 Å². The maximum Gasteiger partial charge on any atom is 0.184 e. The molecule has 0 saturated carbocycles. The lowest BCUT2D eigenvalue weighted by atomic mass is 9.85. The quantitative estimate of drug-likeness (QED) is 0.339. The number of rotatable bonds is 11. The van der Waals surface area contributed by atoms with Crippen molar-refractivity contribution in [3.05, 3.63) is 72.3 Å². The number of hydrogen-bond acceptors (Lipinski definition) is 6. The molecule has 192 valence electrons. The van der Waals surface area contributed by atoms with Crippen molar-refractivity contribution in [1.82, 2.24) is 10.6 Å². The molecule has 2 saturated heterocycles. The van der Waals surface area contributed by atoms with E-state index in [-0.39, 0.29) is 30.7 Å². The Kier molecular flexibility index (Phi) is 7.62. The largest absolute Gasteiger partial charge is 0.494 e. The lowest BCUT2D eigenvalue weighted by Gasteiger charge is -2.34. The summed E-state index contributed by atoms with van der Waals surface area (Å²) in [5.74, 6) is 0.747. The van der Waals surface area contributed by atoms with Crippen molar-refractivity contribution in [2.45, 2.75) is 67.4 Å². The summed E-state index contributed by atoms with van der Waals surface area (Å²) in [4.78, 5) is 0.320. The molecule has 3 N–H and O–H groups in total. The lowest BCUT2D eigenvalue weighted by Crippen LogP contribution is -2.54. The Morgan fingerprint density at radius 3 is 2.56 bits per heavy atom. The molecule has 5 rings (SSSR count).